The highest BCUT2D eigenvalue weighted by atomic mass is 19.1. The molecule has 0 saturated heterocycles. The lowest BCUT2D eigenvalue weighted by Gasteiger charge is -2.07. The number of halogens is 2. The van der Waals surface area contributed by atoms with Crippen molar-refractivity contribution in [1.82, 2.24) is 15.5 Å². The molecule has 1 N–H and O–H groups in total. The van der Waals surface area contributed by atoms with Gasteiger partial charge in [0.05, 0.1) is 11.6 Å². The molecule has 18 heavy (non-hydrogen) atoms. The van der Waals surface area contributed by atoms with Gasteiger partial charge in [0.15, 0.2) is 0 Å². The van der Waals surface area contributed by atoms with Gasteiger partial charge in [0.1, 0.15) is 11.6 Å². The average molecular weight is 253 g/mol. The summed E-state index contributed by atoms with van der Waals surface area (Å²) in [6.45, 7) is 1.96. The standard InChI is InChI=1S/C12H13F2N3O/c1-3-10(15-2)12-17-16-11(18-12)8-5-4-7(13)6-9(8)14/h4-6,10,15H,3H2,1-2H3. The number of hydrogen-bond donors (Lipinski definition) is 1. The summed E-state index contributed by atoms with van der Waals surface area (Å²) in [5.41, 5.74) is 0.0982. The van der Waals surface area contributed by atoms with Gasteiger partial charge in [-0.15, -0.1) is 10.2 Å². The Bertz CT molecular complexity index is 538. The molecule has 2 rings (SSSR count). The van der Waals surface area contributed by atoms with E-state index in [1.165, 1.54) is 6.07 Å². The van der Waals surface area contributed by atoms with E-state index in [9.17, 15) is 8.78 Å². The van der Waals surface area contributed by atoms with E-state index < -0.39 is 11.6 Å². The molecule has 4 nitrogen and oxygen atoms in total. The molecule has 0 aliphatic carbocycles. The monoisotopic (exact) mass is 253 g/mol. The fraction of sp³-hybridized carbons (Fsp3) is 0.333. The lowest BCUT2D eigenvalue weighted by molar-refractivity contribution is 0.414. The van der Waals surface area contributed by atoms with Gasteiger partial charge in [-0.1, -0.05) is 6.92 Å². The second kappa shape index (κ2) is 5.22. The minimum absolute atomic E-state index is 0.0520. The Hall–Kier alpha value is -1.82. The minimum atomic E-state index is -0.720. The summed E-state index contributed by atoms with van der Waals surface area (Å²) >= 11 is 0. The van der Waals surface area contributed by atoms with Crippen molar-refractivity contribution in [2.24, 2.45) is 0 Å². The second-order valence-corrected chi connectivity index (χ2v) is 3.82. The van der Waals surface area contributed by atoms with E-state index in [1.807, 2.05) is 6.92 Å². The van der Waals surface area contributed by atoms with E-state index >= 15 is 0 Å². The van der Waals surface area contributed by atoms with E-state index in [-0.39, 0.29) is 17.5 Å². The molecule has 96 valence electrons. The van der Waals surface area contributed by atoms with Crippen molar-refractivity contribution < 1.29 is 13.2 Å². The maximum atomic E-state index is 13.5. The first kappa shape index (κ1) is 12.6. The number of rotatable bonds is 4. The molecule has 0 saturated carbocycles. The Kier molecular flexibility index (Phi) is 3.66. The van der Waals surface area contributed by atoms with E-state index in [2.05, 4.69) is 15.5 Å². The Labute approximate surface area is 103 Å². The van der Waals surface area contributed by atoms with E-state index in [0.29, 0.717) is 5.89 Å². The first-order valence-electron chi connectivity index (χ1n) is 5.61. The Morgan fingerprint density at radius 2 is 2.11 bits per heavy atom. The van der Waals surface area contributed by atoms with Gasteiger partial charge in [-0.2, -0.15) is 0 Å². The van der Waals surface area contributed by atoms with Crippen molar-refractivity contribution in [3.63, 3.8) is 0 Å². The van der Waals surface area contributed by atoms with Gasteiger partial charge < -0.3 is 9.73 Å². The third-order valence-corrected chi connectivity index (χ3v) is 2.66. The summed E-state index contributed by atoms with van der Waals surface area (Å²) in [7, 11) is 1.77. The number of nitrogens with one attached hydrogen (secondary N) is 1. The zero-order valence-electron chi connectivity index (χ0n) is 10.1. The van der Waals surface area contributed by atoms with Crippen molar-refractivity contribution in [2.45, 2.75) is 19.4 Å². The normalized spacial score (nSPS) is 12.7. The largest absolute Gasteiger partial charge is 0.419 e. The number of aromatic nitrogens is 2. The first-order chi connectivity index (χ1) is 8.65. The molecule has 0 amide bonds. The molecule has 0 spiro atoms. The summed E-state index contributed by atoms with van der Waals surface area (Å²) < 4.78 is 31.7. The van der Waals surface area contributed by atoms with Crippen molar-refractivity contribution in [3.05, 3.63) is 35.7 Å². The molecule has 1 unspecified atom stereocenters. The molecule has 0 radical (unpaired) electrons. The highest BCUT2D eigenvalue weighted by molar-refractivity contribution is 5.53. The van der Waals surface area contributed by atoms with Crippen molar-refractivity contribution in [3.8, 4) is 11.5 Å². The van der Waals surface area contributed by atoms with Crippen molar-refractivity contribution >= 4 is 0 Å². The SMILES string of the molecule is CCC(NC)c1nnc(-c2ccc(F)cc2F)o1. The van der Waals surface area contributed by atoms with Crippen LogP contribution in [0.1, 0.15) is 25.3 Å². The van der Waals surface area contributed by atoms with E-state index in [0.717, 1.165) is 18.6 Å². The third-order valence-electron chi connectivity index (χ3n) is 2.66. The molecule has 0 fully saturated rings. The van der Waals surface area contributed by atoms with Gasteiger partial charge in [0, 0.05) is 6.07 Å². The van der Waals surface area contributed by atoms with Crippen LogP contribution in [0.4, 0.5) is 8.78 Å². The molecular formula is C12H13F2N3O. The zero-order valence-corrected chi connectivity index (χ0v) is 10.1. The molecule has 1 atom stereocenters. The lowest BCUT2D eigenvalue weighted by atomic mass is 10.2. The minimum Gasteiger partial charge on any atom is -0.419 e. The van der Waals surface area contributed by atoms with Crippen LogP contribution in [0.5, 0.6) is 0 Å². The number of benzene rings is 1. The highest BCUT2D eigenvalue weighted by Gasteiger charge is 2.18. The van der Waals surface area contributed by atoms with Crippen LogP contribution in [-0.4, -0.2) is 17.2 Å². The lowest BCUT2D eigenvalue weighted by Crippen LogP contribution is -2.15. The van der Waals surface area contributed by atoms with Crippen molar-refractivity contribution in [1.29, 1.82) is 0 Å². The molecule has 1 aromatic carbocycles. The maximum Gasteiger partial charge on any atom is 0.250 e. The fourth-order valence-corrected chi connectivity index (χ4v) is 1.65. The van der Waals surface area contributed by atoms with Crippen LogP contribution in [0.15, 0.2) is 22.6 Å². The average Bonchev–Trinajstić information content (AvgIpc) is 2.80. The predicted octanol–water partition coefficient (Wildman–Crippen LogP) is 2.69. The number of hydrogen-bond acceptors (Lipinski definition) is 4. The van der Waals surface area contributed by atoms with Crippen LogP contribution >= 0.6 is 0 Å². The Morgan fingerprint density at radius 1 is 1.33 bits per heavy atom. The summed E-state index contributed by atoms with van der Waals surface area (Å²) in [5, 5.41) is 10.6. The van der Waals surface area contributed by atoms with Crippen LogP contribution in [0.2, 0.25) is 0 Å². The highest BCUT2D eigenvalue weighted by Crippen LogP contribution is 2.24. The van der Waals surface area contributed by atoms with Crippen LogP contribution < -0.4 is 5.32 Å². The van der Waals surface area contributed by atoms with Crippen LogP contribution in [0.25, 0.3) is 11.5 Å². The molecule has 0 aliphatic heterocycles. The van der Waals surface area contributed by atoms with Gasteiger partial charge in [-0.25, -0.2) is 8.78 Å². The van der Waals surface area contributed by atoms with Crippen LogP contribution in [0, 0.1) is 11.6 Å². The van der Waals surface area contributed by atoms with Gasteiger partial charge in [-0.05, 0) is 25.6 Å². The maximum absolute atomic E-state index is 13.5. The Morgan fingerprint density at radius 3 is 2.72 bits per heavy atom. The van der Waals surface area contributed by atoms with Gasteiger partial charge >= 0.3 is 0 Å². The van der Waals surface area contributed by atoms with Gasteiger partial charge in [0.25, 0.3) is 5.89 Å². The summed E-state index contributed by atoms with van der Waals surface area (Å²) in [6, 6.07) is 3.14. The predicted molar refractivity (Wildman–Crippen MR) is 61.7 cm³/mol. The second-order valence-electron chi connectivity index (χ2n) is 3.82. The molecule has 0 bridgehead atoms. The molecule has 1 heterocycles. The molecule has 2 aromatic rings. The van der Waals surface area contributed by atoms with E-state index in [4.69, 9.17) is 4.42 Å². The van der Waals surface area contributed by atoms with Gasteiger partial charge in [0.2, 0.25) is 5.89 Å². The molecule has 1 aromatic heterocycles. The first-order valence-corrected chi connectivity index (χ1v) is 5.61. The smallest absolute Gasteiger partial charge is 0.250 e. The summed E-state index contributed by atoms with van der Waals surface area (Å²) in [4.78, 5) is 0. The molecular weight excluding hydrogens is 240 g/mol. The molecule has 0 aliphatic rings. The summed E-state index contributed by atoms with van der Waals surface area (Å²) in [6.07, 6.45) is 0.768. The quantitative estimate of drug-likeness (QED) is 0.910. The van der Waals surface area contributed by atoms with Crippen LogP contribution in [0.3, 0.4) is 0 Å². The van der Waals surface area contributed by atoms with E-state index in [1.54, 1.807) is 7.05 Å². The number of nitrogens with zero attached hydrogens (tertiary/aromatic N) is 2. The van der Waals surface area contributed by atoms with Gasteiger partial charge in [-0.3, -0.25) is 0 Å². The van der Waals surface area contributed by atoms with Crippen molar-refractivity contribution in [2.75, 3.05) is 7.05 Å². The topological polar surface area (TPSA) is 51.0 Å². The summed E-state index contributed by atoms with van der Waals surface area (Å²) in [5.74, 6) is -0.921. The third kappa shape index (κ3) is 2.38. The Balaban J connectivity index is 2.34. The zero-order chi connectivity index (χ0) is 13.1. The fourth-order valence-electron chi connectivity index (χ4n) is 1.65. The molecule has 6 heteroatoms. The van der Waals surface area contributed by atoms with Crippen LogP contribution in [-0.2, 0) is 0 Å².